The second-order valence-electron chi connectivity index (χ2n) is 4.44. The minimum Gasteiger partial charge on any atom is -0.453 e. The highest BCUT2D eigenvalue weighted by Gasteiger charge is 2.16. The van der Waals surface area contributed by atoms with E-state index in [2.05, 4.69) is 25.6 Å². The van der Waals surface area contributed by atoms with Crippen LogP contribution in [0.1, 0.15) is 12.8 Å². The number of hydrogen-bond acceptors (Lipinski definition) is 6. The normalized spacial score (nSPS) is 11.5. The van der Waals surface area contributed by atoms with Crippen LogP contribution in [0.25, 0.3) is 11.5 Å². The molecule has 0 fully saturated rings. The van der Waals surface area contributed by atoms with Crippen molar-refractivity contribution in [2.75, 3.05) is 7.11 Å². The Morgan fingerprint density at radius 3 is 2.68 bits per heavy atom. The summed E-state index contributed by atoms with van der Waals surface area (Å²) in [7, 11) is 1.23. The Kier molecular flexibility index (Phi) is 5.07. The molecule has 2 aromatic rings. The summed E-state index contributed by atoms with van der Waals surface area (Å²) < 4.78 is 9.87. The van der Waals surface area contributed by atoms with Gasteiger partial charge in [-0.1, -0.05) is 18.2 Å². The molecule has 0 saturated heterocycles. The van der Waals surface area contributed by atoms with Crippen LogP contribution in [-0.4, -0.2) is 35.3 Å². The third kappa shape index (κ3) is 4.05. The van der Waals surface area contributed by atoms with Crippen molar-refractivity contribution in [2.45, 2.75) is 19.5 Å². The maximum atomic E-state index is 11.8. The lowest BCUT2D eigenvalue weighted by Crippen LogP contribution is -2.44. The first kappa shape index (κ1) is 15.5. The molecule has 22 heavy (non-hydrogen) atoms. The highest BCUT2D eigenvalue weighted by molar-refractivity contribution is 5.85. The molecule has 1 atom stereocenters. The highest BCUT2D eigenvalue weighted by atomic mass is 16.5. The Balaban J connectivity index is 1.88. The lowest BCUT2D eigenvalue weighted by molar-refractivity contribution is -0.122. The molecule has 0 saturated carbocycles. The van der Waals surface area contributed by atoms with Crippen LogP contribution in [0.4, 0.5) is 4.79 Å². The predicted molar refractivity (Wildman–Crippen MR) is 76.6 cm³/mol. The second-order valence-corrected chi connectivity index (χ2v) is 4.44. The minimum atomic E-state index is -0.732. The van der Waals surface area contributed by atoms with Crippen LogP contribution in [-0.2, 0) is 16.1 Å². The van der Waals surface area contributed by atoms with Gasteiger partial charge in [-0.05, 0) is 19.1 Å². The number of rotatable bonds is 5. The molecular formula is C14H16N4O4. The van der Waals surface area contributed by atoms with Gasteiger partial charge in [-0.15, -0.1) is 10.2 Å². The first-order valence-electron chi connectivity index (χ1n) is 6.60. The van der Waals surface area contributed by atoms with Gasteiger partial charge >= 0.3 is 6.09 Å². The molecule has 0 aliphatic rings. The molecule has 2 amide bonds. The topological polar surface area (TPSA) is 106 Å². The summed E-state index contributed by atoms with van der Waals surface area (Å²) in [5.41, 5.74) is 0.799. The molecule has 2 rings (SSSR count). The first-order chi connectivity index (χ1) is 10.6. The molecule has 0 bridgehead atoms. The van der Waals surface area contributed by atoms with E-state index < -0.39 is 12.1 Å². The maximum absolute atomic E-state index is 11.8. The molecule has 1 aromatic carbocycles. The number of carbonyl (C=O) groups is 2. The number of amides is 2. The number of alkyl carbamates (subject to hydrolysis) is 1. The summed E-state index contributed by atoms with van der Waals surface area (Å²) in [6.45, 7) is 1.61. The quantitative estimate of drug-likeness (QED) is 0.856. The fraction of sp³-hybridized carbons (Fsp3) is 0.286. The summed E-state index contributed by atoms with van der Waals surface area (Å²) in [4.78, 5) is 22.8. The Morgan fingerprint density at radius 2 is 2.00 bits per heavy atom. The van der Waals surface area contributed by atoms with Crippen molar-refractivity contribution in [2.24, 2.45) is 0 Å². The summed E-state index contributed by atoms with van der Waals surface area (Å²) in [6.07, 6.45) is -0.674. The van der Waals surface area contributed by atoms with Crippen molar-refractivity contribution in [1.82, 2.24) is 20.8 Å². The molecule has 2 N–H and O–H groups in total. The first-order valence-corrected chi connectivity index (χ1v) is 6.60. The number of hydrogen-bond donors (Lipinski definition) is 2. The molecule has 116 valence electrons. The molecular weight excluding hydrogens is 288 g/mol. The summed E-state index contributed by atoms with van der Waals surface area (Å²) >= 11 is 0. The predicted octanol–water partition coefficient (Wildman–Crippen LogP) is 1.10. The van der Waals surface area contributed by atoms with E-state index in [9.17, 15) is 9.59 Å². The number of methoxy groups -OCH3 is 1. The second kappa shape index (κ2) is 7.21. The Bertz CT molecular complexity index is 641. The van der Waals surface area contributed by atoms with Gasteiger partial charge in [0.15, 0.2) is 0 Å². The van der Waals surface area contributed by atoms with Gasteiger partial charge in [0.2, 0.25) is 17.7 Å². The standard InChI is InChI=1S/C14H16N4O4/c1-9(16-14(20)21-2)12(19)15-8-11-17-18-13(22-11)10-6-4-3-5-7-10/h3-7,9H,8H2,1-2H3,(H,15,19)(H,16,20). The number of carbonyl (C=O) groups excluding carboxylic acids is 2. The van der Waals surface area contributed by atoms with Crippen LogP contribution in [0.2, 0.25) is 0 Å². The lowest BCUT2D eigenvalue weighted by Gasteiger charge is -2.11. The number of aromatic nitrogens is 2. The molecule has 1 unspecified atom stereocenters. The van der Waals surface area contributed by atoms with Crippen LogP contribution in [0.15, 0.2) is 34.7 Å². The van der Waals surface area contributed by atoms with Crippen molar-refractivity contribution in [3.8, 4) is 11.5 Å². The summed E-state index contributed by atoms with van der Waals surface area (Å²) in [6, 6.07) is 8.57. The van der Waals surface area contributed by atoms with Crippen molar-refractivity contribution in [1.29, 1.82) is 0 Å². The maximum Gasteiger partial charge on any atom is 0.407 e. The third-order valence-corrected chi connectivity index (χ3v) is 2.81. The molecule has 1 heterocycles. The fourth-order valence-electron chi connectivity index (χ4n) is 1.64. The van der Waals surface area contributed by atoms with Gasteiger partial charge in [0.1, 0.15) is 6.04 Å². The van der Waals surface area contributed by atoms with E-state index in [1.54, 1.807) is 0 Å². The van der Waals surface area contributed by atoms with E-state index in [1.165, 1.54) is 14.0 Å². The van der Waals surface area contributed by atoms with Crippen molar-refractivity contribution in [3.05, 3.63) is 36.2 Å². The van der Waals surface area contributed by atoms with Gasteiger partial charge in [-0.2, -0.15) is 0 Å². The van der Waals surface area contributed by atoms with Gasteiger partial charge in [-0.25, -0.2) is 4.79 Å². The van der Waals surface area contributed by atoms with Gasteiger partial charge in [0, 0.05) is 5.56 Å². The smallest absolute Gasteiger partial charge is 0.407 e. The Hall–Kier alpha value is -2.90. The van der Waals surface area contributed by atoms with Crippen LogP contribution >= 0.6 is 0 Å². The van der Waals surface area contributed by atoms with E-state index >= 15 is 0 Å². The minimum absolute atomic E-state index is 0.0753. The largest absolute Gasteiger partial charge is 0.453 e. The number of nitrogens with zero attached hydrogens (tertiary/aromatic N) is 2. The Labute approximate surface area is 126 Å². The lowest BCUT2D eigenvalue weighted by atomic mass is 10.2. The molecule has 1 aromatic heterocycles. The molecule has 0 aliphatic heterocycles. The van der Waals surface area contributed by atoms with Crippen LogP contribution in [0.5, 0.6) is 0 Å². The molecule has 8 nitrogen and oxygen atoms in total. The highest BCUT2D eigenvalue weighted by Crippen LogP contribution is 2.16. The third-order valence-electron chi connectivity index (χ3n) is 2.81. The van der Waals surface area contributed by atoms with Crippen molar-refractivity contribution >= 4 is 12.0 Å². The molecule has 0 spiro atoms. The zero-order valence-electron chi connectivity index (χ0n) is 12.2. The fourth-order valence-corrected chi connectivity index (χ4v) is 1.64. The number of nitrogens with one attached hydrogen (secondary N) is 2. The van der Waals surface area contributed by atoms with E-state index in [-0.39, 0.29) is 18.3 Å². The van der Waals surface area contributed by atoms with Crippen molar-refractivity contribution < 1.29 is 18.7 Å². The van der Waals surface area contributed by atoms with Crippen LogP contribution in [0, 0.1) is 0 Å². The van der Waals surface area contributed by atoms with E-state index in [1.807, 2.05) is 30.3 Å². The molecule has 0 radical (unpaired) electrons. The SMILES string of the molecule is COC(=O)NC(C)C(=O)NCc1nnc(-c2ccccc2)o1. The van der Waals surface area contributed by atoms with Gasteiger partial charge < -0.3 is 19.8 Å². The van der Waals surface area contributed by atoms with Crippen LogP contribution < -0.4 is 10.6 Å². The molecule has 8 heteroatoms. The summed E-state index contributed by atoms with van der Waals surface area (Å²) in [5.74, 6) is 0.271. The molecule has 0 aliphatic carbocycles. The Morgan fingerprint density at radius 1 is 1.27 bits per heavy atom. The van der Waals surface area contributed by atoms with Crippen molar-refractivity contribution in [3.63, 3.8) is 0 Å². The van der Waals surface area contributed by atoms with E-state index in [0.717, 1.165) is 5.56 Å². The zero-order valence-corrected chi connectivity index (χ0v) is 12.2. The van der Waals surface area contributed by atoms with Gasteiger partial charge in [0.05, 0.1) is 13.7 Å². The zero-order chi connectivity index (χ0) is 15.9. The van der Waals surface area contributed by atoms with Gasteiger partial charge in [0.25, 0.3) is 0 Å². The van der Waals surface area contributed by atoms with E-state index in [0.29, 0.717) is 5.89 Å². The average Bonchev–Trinajstić information content (AvgIpc) is 3.02. The van der Waals surface area contributed by atoms with Crippen LogP contribution in [0.3, 0.4) is 0 Å². The number of benzene rings is 1. The van der Waals surface area contributed by atoms with E-state index in [4.69, 9.17) is 4.42 Å². The number of ether oxygens (including phenoxy) is 1. The monoisotopic (exact) mass is 304 g/mol. The van der Waals surface area contributed by atoms with Gasteiger partial charge in [-0.3, -0.25) is 4.79 Å². The summed E-state index contributed by atoms with van der Waals surface area (Å²) in [5, 5.41) is 12.7. The average molecular weight is 304 g/mol.